The van der Waals surface area contributed by atoms with Gasteiger partial charge < -0.3 is 27.5 Å². The summed E-state index contributed by atoms with van der Waals surface area (Å²) in [6.45, 7) is 19.5. The van der Waals surface area contributed by atoms with Crippen molar-refractivity contribution >= 4 is 42.1 Å². The van der Waals surface area contributed by atoms with E-state index in [1.165, 1.54) is 14.2 Å². The highest BCUT2D eigenvalue weighted by atomic mass is 28.5. The van der Waals surface area contributed by atoms with Crippen LogP contribution >= 0.6 is 0 Å². The maximum atomic E-state index is 11.8. The first-order valence-electron chi connectivity index (χ1n) is 11.7. The predicted octanol–water partition coefficient (Wildman–Crippen LogP) is 5.31. The molecule has 7 nitrogen and oxygen atoms in total. The topological polar surface area (TPSA) is 83.5 Å². The molecule has 0 saturated carbocycles. The predicted molar refractivity (Wildman–Crippen MR) is 145 cm³/mol. The monoisotopic (exact) mass is 528 g/mol. The van der Waals surface area contributed by atoms with Crippen molar-refractivity contribution in [2.45, 2.75) is 72.5 Å². The second-order valence-electron chi connectivity index (χ2n) is 10.9. The highest BCUT2D eigenvalue weighted by Gasteiger charge is 2.44. The van der Waals surface area contributed by atoms with E-state index in [0.717, 1.165) is 23.6 Å². The number of benzene rings is 1. The summed E-state index contributed by atoms with van der Waals surface area (Å²) in [7, 11) is -2.43. The van der Waals surface area contributed by atoms with E-state index < -0.39 is 31.2 Å². The number of hydrogen-bond donors (Lipinski definition) is 1. The van der Waals surface area contributed by atoms with Gasteiger partial charge in [-0.3, -0.25) is 0 Å². The lowest BCUT2D eigenvalue weighted by molar-refractivity contribution is -0.136. The number of methoxy groups -OCH3 is 3. The Labute approximate surface area is 208 Å². The van der Waals surface area contributed by atoms with Crippen molar-refractivity contribution in [1.29, 1.82) is 0 Å². The summed E-state index contributed by atoms with van der Waals surface area (Å²) in [6, 6.07) is 3.84. The lowest BCUT2D eigenvalue weighted by atomic mass is 9.98. The third-order valence-electron chi connectivity index (χ3n) is 4.98. The lowest BCUT2D eigenvalue weighted by Crippen LogP contribution is -2.61. The fourth-order valence-corrected chi connectivity index (χ4v) is 16.0. The minimum absolute atomic E-state index is 0.116. The molecule has 0 spiro atoms. The van der Waals surface area contributed by atoms with Gasteiger partial charge in [-0.2, -0.15) is 0 Å². The summed E-state index contributed by atoms with van der Waals surface area (Å²) in [5.74, 6) is -0.332. The van der Waals surface area contributed by atoms with Crippen molar-refractivity contribution in [2.75, 3.05) is 21.3 Å². The lowest BCUT2D eigenvalue weighted by Gasteiger charge is -2.40. The van der Waals surface area contributed by atoms with E-state index in [0.29, 0.717) is 17.2 Å². The van der Waals surface area contributed by atoms with Crippen LogP contribution in [0, 0.1) is 5.92 Å². The van der Waals surface area contributed by atoms with Crippen LogP contribution in [0.15, 0.2) is 17.9 Å². The molecule has 0 aliphatic rings. The molecule has 0 aromatic heterocycles. The van der Waals surface area contributed by atoms with Gasteiger partial charge in [0.2, 0.25) is 5.76 Å². The average Bonchev–Trinajstić information content (AvgIpc) is 2.66. The maximum absolute atomic E-state index is 11.8. The third kappa shape index (κ3) is 8.26. The first-order valence-corrected chi connectivity index (χ1v) is 20.8. The molecule has 0 bridgehead atoms. The molecule has 0 heterocycles. The molecular formula is C24H44O7Si3. The van der Waals surface area contributed by atoms with Crippen molar-refractivity contribution in [3.63, 3.8) is 0 Å². The number of carboxylic acids is 1. The second kappa shape index (κ2) is 11.9. The molecule has 1 aromatic rings. The van der Waals surface area contributed by atoms with Crippen LogP contribution in [0.2, 0.25) is 45.8 Å². The number of ether oxygens (including phenoxy) is 3. The Kier molecular flexibility index (Phi) is 10.6. The molecule has 1 rings (SSSR count). The van der Waals surface area contributed by atoms with Gasteiger partial charge in [0.25, 0.3) is 0 Å². The highest BCUT2D eigenvalue weighted by Crippen LogP contribution is 2.35. The zero-order valence-electron chi connectivity index (χ0n) is 23.0. The normalized spacial score (nSPS) is 13.6. The van der Waals surface area contributed by atoms with Gasteiger partial charge in [-0.15, -0.1) is 0 Å². The SMILES string of the molecule is CO/C(C(=O)O)=C(/OC)c1ccc([Si](C)(O[Si](C)(C)C)O[Si](C)(C)C)c(CCC(C)C)c1OC. The Bertz CT molecular complexity index is 868. The zero-order chi connectivity index (χ0) is 26.5. The Morgan fingerprint density at radius 2 is 1.44 bits per heavy atom. The molecule has 1 aromatic carbocycles. The molecule has 34 heavy (non-hydrogen) atoms. The van der Waals surface area contributed by atoms with Crippen LogP contribution in [0.5, 0.6) is 5.75 Å². The first-order chi connectivity index (χ1) is 15.5. The van der Waals surface area contributed by atoms with E-state index in [2.05, 4.69) is 59.7 Å². The summed E-state index contributed by atoms with van der Waals surface area (Å²) in [4.78, 5) is 11.8. The van der Waals surface area contributed by atoms with E-state index >= 15 is 0 Å². The minimum Gasteiger partial charge on any atom is -0.496 e. The van der Waals surface area contributed by atoms with Crippen LogP contribution in [0.25, 0.3) is 5.76 Å². The van der Waals surface area contributed by atoms with Crippen molar-refractivity contribution in [2.24, 2.45) is 5.92 Å². The van der Waals surface area contributed by atoms with E-state index in [9.17, 15) is 9.90 Å². The van der Waals surface area contributed by atoms with E-state index in [4.69, 9.17) is 22.4 Å². The van der Waals surface area contributed by atoms with Crippen molar-refractivity contribution < 1.29 is 32.3 Å². The highest BCUT2D eigenvalue weighted by molar-refractivity contribution is 6.94. The molecule has 0 unspecified atom stereocenters. The Morgan fingerprint density at radius 1 is 0.912 bits per heavy atom. The molecule has 0 fully saturated rings. The summed E-state index contributed by atoms with van der Waals surface area (Å²) in [6.07, 6.45) is 1.67. The van der Waals surface area contributed by atoms with E-state index in [1.807, 2.05) is 12.1 Å². The summed E-state index contributed by atoms with van der Waals surface area (Å²) < 4.78 is 30.3. The summed E-state index contributed by atoms with van der Waals surface area (Å²) >= 11 is 0. The molecule has 1 N–H and O–H groups in total. The van der Waals surface area contributed by atoms with Gasteiger partial charge in [-0.05, 0) is 81.4 Å². The van der Waals surface area contributed by atoms with Crippen LogP contribution in [0.3, 0.4) is 0 Å². The van der Waals surface area contributed by atoms with Gasteiger partial charge in [-0.25, -0.2) is 4.79 Å². The van der Waals surface area contributed by atoms with Gasteiger partial charge in [0.05, 0.1) is 26.9 Å². The zero-order valence-corrected chi connectivity index (χ0v) is 26.0. The standard InChI is InChI=1S/C24H44O7Si3/c1-17(2)13-14-18-20(34(12,30-32(6,7)8)31-33(9,10)11)16-15-19(21(18)27-3)22(28-4)23(29-5)24(25)26/h15-17H,13-14H2,1-12H3,(H,25,26)/b23-22+. The van der Waals surface area contributed by atoms with Gasteiger partial charge in [0.15, 0.2) is 22.4 Å². The minimum atomic E-state index is -2.85. The third-order valence-corrected chi connectivity index (χ3v) is 14.4. The molecular weight excluding hydrogens is 485 g/mol. The molecule has 194 valence electrons. The average molecular weight is 529 g/mol. The molecule has 0 aliphatic carbocycles. The first kappa shape index (κ1) is 30.4. The Morgan fingerprint density at radius 3 is 1.79 bits per heavy atom. The number of aliphatic carboxylic acids is 1. The van der Waals surface area contributed by atoms with Gasteiger partial charge in [0.1, 0.15) is 5.75 Å². The van der Waals surface area contributed by atoms with Gasteiger partial charge in [0, 0.05) is 0 Å². The van der Waals surface area contributed by atoms with Crippen LogP contribution in [0.1, 0.15) is 31.4 Å². The summed E-state index contributed by atoms with van der Waals surface area (Å²) in [5, 5.41) is 10.7. The number of carboxylic acid groups (broad SMARTS) is 1. The second-order valence-corrected chi connectivity index (χ2v) is 23.4. The van der Waals surface area contributed by atoms with Crippen molar-refractivity contribution in [3.8, 4) is 5.75 Å². The van der Waals surface area contributed by atoms with Crippen molar-refractivity contribution in [1.82, 2.24) is 0 Å². The maximum Gasteiger partial charge on any atom is 0.375 e. The number of hydrogen-bond acceptors (Lipinski definition) is 6. The van der Waals surface area contributed by atoms with Gasteiger partial charge in [-0.1, -0.05) is 19.9 Å². The number of rotatable bonds is 13. The molecule has 10 heteroatoms. The molecule has 0 aliphatic heterocycles. The van der Waals surface area contributed by atoms with Crippen molar-refractivity contribution in [3.05, 3.63) is 29.0 Å². The fraction of sp³-hybridized carbons (Fsp3) is 0.625. The Hall–Kier alpha value is -1.60. The molecule has 0 saturated heterocycles. The Balaban J connectivity index is 4.03. The largest absolute Gasteiger partial charge is 0.496 e. The molecule has 0 radical (unpaired) electrons. The number of carbonyl (C=O) groups is 1. The van der Waals surface area contributed by atoms with E-state index in [-0.39, 0.29) is 11.5 Å². The van der Waals surface area contributed by atoms with Crippen LogP contribution in [-0.2, 0) is 28.9 Å². The quantitative estimate of drug-likeness (QED) is 0.211. The van der Waals surface area contributed by atoms with Crippen LogP contribution < -0.4 is 9.92 Å². The van der Waals surface area contributed by atoms with Gasteiger partial charge >= 0.3 is 14.5 Å². The fourth-order valence-electron chi connectivity index (χ4n) is 4.05. The smallest absolute Gasteiger partial charge is 0.375 e. The van der Waals surface area contributed by atoms with E-state index in [1.54, 1.807) is 7.11 Å². The summed E-state index contributed by atoms with van der Waals surface area (Å²) in [5.41, 5.74) is 1.51. The molecule has 0 atom stereocenters. The molecule has 0 amide bonds. The van der Waals surface area contributed by atoms with Crippen LogP contribution in [0.4, 0.5) is 0 Å². The van der Waals surface area contributed by atoms with Crippen LogP contribution in [-0.4, -0.2) is 57.6 Å².